The second-order valence-corrected chi connectivity index (χ2v) is 2.20. The normalized spacial score (nSPS) is 24.6. The van der Waals surface area contributed by atoms with E-state index in [1.165, 1.54) is 0 Å². The molecular weight excluding hydrogens is 130 g/mol. The highest BCUT2D eigenvalue weighted by atomic mass is 16.6. The lowest BCUT2D eigenvalue weighted by molar-refractivity contribution is 0.0951. The molecule has 0 amide bonds. The summed E-state index contributed by atoms with van der Waals surface area (Å²) in [5.74, 6) is 0.779. The molecule has 4 heteroatoms. The van der Waals surface area contributed by atoms with Crippen molar-refractivity contribution in [2.45, 2.75) is 19.4 Å². The van der Waals surface area contributed by atoms with Gasteiger partial charge in [-0.3, -0.25) is 15.3 Å². The number of hydrogen-bond acceptors (Lipinski definition) is 4. The standard InChI is InChI=1S/C6H13N3O/c1-2-10-9-6-5(7)3-4-8-6/h5H,2-4,7H2,1H3,(H,8,9). The van der Waals surface area contributed by atoms with Crippen LogP contribution in [0, 0.1) is 0 Å². The zero-order valence-electron chi connectivity index (χ0n) is 6.13. The van der Waals surface area contributed by atoms with Gasteiger partial charge in [0.05, 0.1) is 12.6 Å². The van der Waals surface area contributed by atoms with E-state index in [0.717, 1.165) is 18.8 Å². The molecule has 0 aromatic heterocycles. The summed E-state index contributed by atoms with van der Waals surface area (Å²) in [7, 11) is 0. The molecular formula is C6H13N3O. The fourth-order valence-corrected chi connectivity index (χ4v) is 0.832. The number of rotatable bonds is 2. The Kier molecular flexibility index (Phi) is 2.65. The second kappa shape index (κ2) is 3.53. The van der Waals surface area contributed by atoms with Crippen LogP contribution in [-0.4, -0.2) is 25.0 Å². The third-order valence-corrected chi connectivity index (χ3v) is 1.39. The molecule has 0 saturated carbocycles. The molecule has 1 aliphatic rings. The van der Waals surface area contributed by atoms with Crippen molar-refractivity contribution in [3.05, 3.63) is 0 Å². The van der Waals surface area contributed by atoms with Crippen LogP contribution >= 0.6 is 0 Å². The van der Waals surface area contributed by atoms with Crippen molar-refractivity contribution in [2.24, 2.45) is 10.7 Å². The van der Waals surface area contributed by atoms with E-state index in [1.807, 2.05) is 6.92 Å². The number of nitrogens with zero attached hydrogens (tertiary/aromatic N) is 1. The maximum absolute atomic E-state index is 5.65. The minimum atomic E-state index is 0.0477. The van der Waals surface area contributed by atoms with Crippen molar-refractivity contribution in [2.75, 3.05) is 13.2 Å². The van der Waals surface area contributed by atoms with E-state index in [1.54, 1.807) is 0 Å². The Hall–Kier alpha value is -0.610. The predicted octanol–water partition coefficient (Wildman–Crippen LogP) is -0.343. The third kappa shape index (κ3) is 1.68. The number of nitrogens with two attached hydrogens (primary N) is 1. The summed E-state index contributed by atoms with van der Waals surface area (Å²) >= 11 is 0. The topological polar surface area (TPSA) is 59.6 Å². The number of hydrogen-bond donors (Lipinski definition) is 2. The Balaban J connectivity index is 2.26. The lowest BCUT2D eigenvalue weighted by atomic mass is 10.2. The largest absolute Gasteiger partial charge is 0.321 e. The molecule has 0 saturated heterocycles. The molecule has 1 rings (SSSR count). The van der Waals surface area contributed by atoms with E-state index in [2.05, 4.69) is 10.5 Å². The summed E-state index contributed by atoms with van der Waals surface area (Å²) in [5.41, 5.74) is 8.35. The molecule has 10 heavy (non-hydrogen) atoms. The predicted molar refractivity (Wildman–Crippen MR) is 39.7 cm³/mol. The summed E-state index contributed by atoms with van der Waals surface area (Å²) in [6.07, 6.45) is 0.926. The van der Waals surface area contributed by atoms with Crippen LogP contribution in [0.15, 0.2) is 4.99 Å². The quantitative estimate of drug-likeness (QED) is 0.520. The summed E-state index contributed by atoms with van der Waals surface area (Å²) < 4.78 is 0. The van der Waals surface area contributed by atoms with E-state index in [4.69, 9.17) is 10.6 Å². The Morgan fingerprint density at radius 3 is 3.20 bits per heavy atom. The number of hydroxylamine groups is 1. The van der Waals surface area contributed by atoms with Gasteiger partial charge in [0, 0.05) is 6.54 Å². The van der Waals surface area contributed by atoms with Crippen LogP contribution in [0.4, 0.5) is 0 Å². The maximum atomic E-state index is 5.65. The molecule has 0 fully saturated rings. The van der Waals surface area contributed by atoms with Crippen molar-refractivity contribution in [1.29, 1.82) is 0 Å². The fraction of sp³-hybridized carbons (Fsp3) is 0.833. The molecule has 0 aromatic rings. The van der Waals surface area contributed by atoms with Crippen LogP contribution in [0.25, 0.3) is 0 Å². The lowest BCUT2D eigenvalue weighted by Gasteiger charge is -2.07. The van der Waals surface area contributed by atoms with Gasteiger partial charge in [-0.05, 0) is 13.3 Å². The Morgan fingerprint density at radius 2 is 2.70 bits per heavy atom. The summed E-state index contributed by atoms with van der Waals surface area (Å²) in [5, 5.41) is 0. The van der Waals surface area contributed by atoms with Gasteiger partial charge in [-0.25, -0.2) is 0 Å². The third-order valence-electron chi connectivity index (χ3n) is 1.39. The molecule has 1 unspecified atom stereocenters. The Morgan fingerprint density at radius 1 is 1.90 bits per heavy atom. The zero-order chi connectivity index (χ0) is 7.40. The molecule has 4 nitrogen and oxygen atoms in total. The van der Waals surface area contributed by atoms with Gasteiger partial charge in [0.1, 0.15) is 5.84 Å². The fourth-order valence-electron chi connectivity index (χ4n) is 0.832. The highest BCUT2D eigenvalue weighted by molar-refractivity contribution is 5.87. The first-order chi connectivity index (χ1) is 4.84. The summed E-state index contributed by atoms with van der Waals surface area (Å²) in [6, 6.07) is 0.0477. The van der Waals surface area contributed by atoms with Gasteiger partial charge in [-0.15, -0.1) is 0 Å². The van der Waals surface area contributed by atoms with Gasteiger partial charge in [0.15, 0.2) is 0 Å². The number of amidine groups is 1. The van der Waals surface area contributed by atoms with E-state index in [0.29, 0.717) is 6.61 Å². The number of aliphatic imine (C=N–C) groups is 1. The van der Waals surface area contributed by atoms with Crippen LogP contribution in [0.1, 0.15) is 13.3 Å². The molecule has 0 radical (unpaired) electrons. The minimum absolute atomic E-state index is 0.0477. The average Bonchev–Trinajstić information content (AvgIpc) is 2.31. The second-order valence-electron chi connectivity index (χ2n) is 2.20. The molecule has 1 aliphatic heterocycles. The lowest BCUT2D eigenvalue weighted by Crippen LogP contribution is -2.37. The van der Waals surface area contributed by atoms with Crippen LogP contribution in [0.3, 0.4) is 0 Å². The van der Waals surface area contributed by atoms with Crippen molar-refractivity contribution >= 4 is 5.84 Å². The van der Waals surface area contributed by atoms with E-state index < -0.39 is 0 Å². The Labute approximate surface area is 60.4 Å². The van der Waals surface area contributed by atoms with Gasteiger partial charge in [0.2, 0.25) is 0 Å². The zero-order valence-corrected chi connectivity index (χ0v) is 6.13. The molecule has 0 bridgehead atoms. The van der Waals surface area contributed by atoms with Crippen molar-refractivity contribution in [3.8, 4) is 0 Å². The van der Waals surface area contributed by atoms with Crippen LogP contribution in [-0.2, 0) is 4.84 Å². The molecule has 1 atom stereocenters. The molecule has 0 spiro atoms. The van der Waals surface area contributed by atoms with E-state index >= 15 is 0 Å². The molecule has 1 heterocycles. The summed E-state index contributed by atoms with van der Waals surface area (Å²) in [6.45, 7) is 3.36. The monoisotopic (exact) mass is 143 g/mol. The van der Waals surface area contributed by atoms with Crippen LogP contribution in [0.5, 0.6) is 0 Å². The van der Waals surface area contributed by atoms with E-state index in [9.17, 15) is 0 Å². The minimum Gasteiger partial charge on any atom is -0.321 e. The van der Waals surface area contributed by atoms with Gasteiger partial charge in [-0.1, -0.05) is 0 Å². The van der Waals surface area contributed by atoms with Crippen LogP contribution in [0.2, 0.25) is 0 Å². The number of nitrogens with one attached hydrogen (secondary N) is 1. The van der Waals surface area contributed by atoms with Gasteiger partial charge < -0.3 is 5.73 Å². The van der Waals surface area contributed by atoms with Crippen molar-refractivity contribution < 1.29 is 4.84 Å². The van der Waals surface area contributed by atoms with Gasteiger partial charge in [-0.2, -0.15) is 0 Å². The molecule has 58 valence electrons. The summed E-state index contributed by atoms with van der Waals surface area (Å²) in [4.78, 5) is 9.04. The van der Waals surface area contributed by atoms with Crippen molar-refractivity contribution in [1.82, 2.24) is 5.48 Å². The highest BCUT2D eigenvalue weighted by Gasteiger charge is 2.15. The first-order valence-electron chi connectivity index (χ1n) is 3.52. The van der Waals surface area contributed by atoms with Gasteiger partial charge >= 0.3 is 0 Å². The first-order valence-corrected chi connectivity index (χ1v) is 3.52. The first kappa shape index (κ1) is 7.50. The smallest absolute Gasteiger partial charge is 0.137 e. The highest BCUT2D eigenvalue weighted by Crippen LogP contribution is 1.99. The average molecular weight is 143 g/mol. The Bertz CT molecular complexity index is 135. The molecule has 0 aromatic carbocycles. The van der Waals surface area contributed by atoms with Crippen LogP contribution < -0.4 is 11.2 Å². The van der Waals surface area contributed by atoms with E-state index in [-0.39, 0.29) is 6.04 Å². The maximum Gasteiger partial charge on any atom is 0.137 e. The van der Waals surface area contributed by atoms with Crippen molar-refractivity contribution in [3.63, 3.8) is 0 Å². The molecule has 0 aliphatic carbocycles. The molecule has 3 N–H and O–H groups in total. The SMILES string of the molecule is CCONC1=NCCC1N. The van der Waals surface area contributed by atoms with Gasteiger partial charge in [0.25, 0.3) is 0 Å².